The number of rotatable bonds is 12. The number of methoxy groups -OCH3 is 5. The van der Waals surface area contributed by atoms with E-state index in [1.54, 1.807) is 35.4 Å². The van der Waals surface area contributed by atoms with Crippen molar-refractivity contribution in [3.05, 3.63) is 35.4 Å². The van der Waals surface area contributed by atoms with E-state index < -0.39 is 12.3 Å². The number of carbonyl (C=O) groups excluding carboxylic acids is 1. The number of nitrogens with zero attached hydrogens (tertiary/aromatic N) is 1. The van der Waals surface area contributed by atoms with E-state index in [1.165, 1.54) is 7.11 Å². The molecule has 1 aliphatic heterocycles. The molecule has 1 aliphatic rings. The second kappa shape index (κ2) is 13.7. The van der Waals surface area contributed by atoms with Gasteiger partial charge in [-0.2, -0.15) is 5.06 Å². The summed E-state index contributed by atoms with van der Waals surface area (Å²) in [5.41, 5.74) is 2.47. The summed E-state index contributed by atoms with van der Waals surface area (Å²) in [6, 6.07) is 7.06. The molecule has 1 saturated heterocycles. The number of hydroxylamine groups is 2. The molecule has 2 amide bonds. The zero-order chi connectivity index (χ0) is 27.8. The van der Waals surface area contributed by atoms with Crippen molar-refractivity contribution in [1.29, 1.82) is 0 Å². The highest BCUT2D eigenvalue weighted by Gasteiger charge is 2.31. The average molecular weight is 551 g/mol. The first-order valence-corrected chi connectivity index (χ1v) is 13.4. The van der Waals surface area contributed by atoms with E-state index >= 15 is 0 Å². The third-order valence-electron chi connectivity index (χ3n) is 6.33. The second-order valence-corrected chi connectivity index (χ2v) is 10.1. The van der Waals surface area contributed by atoms with Crippen molar-refractivity contribution in [2.75, 3.05) is 47.5 Å². The van der Waals surface area contributed by atoms with Crippen molar-refractivity contribution in [1.82, 2.24) is 5.06 Å². The Balaban J connectivity index is 1.93. The summed E-state index contributed by atoms with van der Waals surface area (Å²) in [7, 11) is 7.77. The SMILES string of the molecule is CCCOc1c(NC(=O)N(O)C(C)OC)cc(C2CCC(c3cc(OC)c(OC)c(OC)c3)S2)cc1OC. The molecular weight excluding hydrogens is 512 g/mol. The van der Waals surface area contributed by atoms with Crippen molar-refractivity contribution in [3.8, 4) is 28.7 Å². The van der Waals surface area contributed by atoms with E-state index in [1.807, 2.05) is 43.0 Å². The fraction of sp³-hybridized carbons (Fsp3) is 0.519. The second-order valence-electron chi connectivity index (χ2n) is 8.71. The molecule has 0 radical (unpaired) electrons. The standard InChI is InChI=1S/C27H38N2O8S/c1-8-11-37-25-19(28-27(30)29(31)16(2)32-3)12-17(13-20(25)33-4)23-9-10-24(38-23)18-14-21(34-5)26(36-7)22(15-18)35-6/h12-16,23-24,31H,8-11H2,1-7H3,(H,28,30). The van der Waals surface area contributed by atoms with Gasteiger partial charge in [-0.3, -0.25) is 5.21 Å². The molecule has 3 atom stereocenters. The Kier molecular flexibility index (Phi) is 10.6. The molecule has 3 rings (SSSR count). The molecule has 0 bridgehead atoms. The molecule has 10 nitrogen and oxygen atoms in total. The van der Waals surface area contributed by atoms with E-state index in [9.17, 15) is 10.0 Å². The third kappa shape index (κ3) is 6.51. The van der Waals surface area contributed by atoms with Gasteiger partial charge in [0.15, 0.2) is 29.2 Å². The number of amides is 2. The molecule has 0 spiro atoms. The maximum absolute atomic E-state index is 12.7. The van der Waals surface area contributed by atoms with Gasteiger partial charge in [0.2, 0.25) is 5.75 Å². The van der Waals surface area contributed by atoms with Gasteiger partial charge in [0.05, 0.1) is 40.7 Å². The third-order valence-corrected chi connectivity index (χ3v) is 8.01. The van der Waals surface area contributed by atoms with Crippen LogP contribution in [0.4, 0.5) is 10.5 Å². The molecule has 0 saturated carbocycles. The number of hydrogen-bond donors (Lipinski definition) is 2. The minimum absolute atomic E-state index is 0.131. The Hall–Kier alpha value is -3.02. The number of ether oxygens (including phenoxy) is 6. The lowest BCUT2D eigenvalue weighted by Crippen LogP contribution is -2.39. The smallest absolute Gasteiger partial charge is 0.348 e. The summed E-state index contributed by atoms with van der Waals surface area (Å²) in [6.45, 7) is 3.99. The lowest BCUT2D eigenvalue weighted by molar-refractivity contribution is -0.155. The minimum Gasteiger partial charge on any atom is -0.493 e. The van der Waals surface area contributed by atoms with Crippen molar-refractivity contribution < 1.29 is 38.4 Å². The topological polar surface area (TPSA) is 108 Å². The van der Waals surface area contributed by atoms with Crippen LogP contribution in [0.3, 0.4) is 0 Å². The largest absolute Gasteiger partial charge is 0.493 e. The summed E-state index contributed by atoms with van der Waals surface area (Å²) in [5.74, 6) is 2.72. The van der Waals surface area contributed by atoms with E-state index in [4.69, 9.17) is 28.4 Å². The first-order chi connectivity index (χ1) is 18.3. The van der Waals surface area contributed by atoms with Crippen LogP contribution in [0.25, 0.3) is 0 Å². The van der Waals surface area contributed by atoms with E-state index in [-0.39, 0.29) is 10.5 Å². The average Bonchev–Trinajstić information content (AvgIpc) is 3.44. The van der Waals surface area contributed by atoms with Crippen LogP contribution in [0.5, 0.6) is 28.7 Å². The van der Waals surface area contributed by atoms with Gasteiger partial charge >= 0.3 is 6.03 Å². The minimum atomic E-state index is -0.829. The van der Waals surface area contributed by atoms with Gasteiger partial charge in [-0.15, -0.1) is 11.8 Å². The maximum atomic E-state index is 12.7. The van der Waals surface area contributed by atoms with Gasteiger partial charge < -0.3 is 33.7 Å². The molecule has 0 aromatic heterocycles. The van der Waals surface area contributed by atoms with Gasteiger partial charge in [-0.25, -0.2) is 4.79 Å². The Bertz CT molecular complexity index is 1070. The van der Waals surface area contributed by atoms with Crippen LogP contribution in [0.15, 0.2) is 24.3 Å². The summed E-state index contributed by atoms with van der Waals surface area (Å²) in [4.78, 5) is 12.7. The molecule has 38 heavy (non-hydrogen) atoms. The van der Waals surface area contributed by atoms with Crippen LogP contribution >= 0.6 is 11.8 Å². The summed E-state index contributed by atoms with van der Waals surface area (Å²) in [5, 5.41) is 13.8. The number of thioether (sulfide) groups is 1. The van der Waals surface area contributed by atoms with Crippen LogP contribution in [0.2, 0.25) is 0 Å². The van der Waals surface area contributed by atoms with E-state index in [2.05, 4.69) is 5.32 Å². The van der Waals surface area contributed by atoms with Crippen molar-refractivity contribution in [3.63, 3.8) is 0 Å². The highest BCUT2D eigenvalue weighted by molar-refractivity contribution is 8.00. The van der Waals surface area contributed by atoms with Gasteiger partial charge in [-0.1, -0.05) is 6.92 Å². The number of benzene rings is 2. The van der Waals surface area contributed by atoms with Crippen molar-refractivity contribution in [2.45, 2.75) is 49.8 Å². The van der Waals surface area contributed by atoms with E-state index in [0.717, 1.165) is 30.4 Å². The van der Waals surface area contributed by atoms with Crippen molar-refractivity contribution >= 4 is 23.5 Å². The van der Waals surface area contributed by atoms with Gasteiger partial charge in [0, 0.05) is 17.6 Å². The first-order valence-electron chi connectivity index (χ1n) is 12.4. The Morgan fingerprint density at radius 3 is 1.95 bits per heavy atom. The molecular formula is C27H38N2O8S. The lowest BCUT2D eigenvalue weighted by atomic mass is 10.0. The fourth-order valence-corrected chi connectivity index (χ4v) is 5.79. The highest BCUT2D eigenvalue weighted by Crippen LogP contribution is 2.56. The number of anilines is 1. The number of carbonyl (C=O) groups is 1. The molecule has 210 valence electrons. The van der Waals surface area contributed by atoms with Crippen LogP contribution < -0.4 is 29.0 Å². The normalized spacial score (nSPS) is 17.5. The lowest BCUT2D eigenvalue weighted by Gasteiger charge is -2.24. The molecule has 2 aromatic rings. The molecule has 0 aliphatic carbocycles. The monoisotopic (exact) mass is 550 g/mol. The Morgan fingerprint density at radius 2 is 1.47 bits per heavy atom. The molecule has 3 unspecified atom stereocenters. The quantitative estimate of drug-likeness (QED) is 0.186. The highest BCUT2D eigenvalue weighted by atomic mass is 32.2. The van der Waals surface area contributed by atoms with Crippen LogP contribution in [-0.4, -0.2) is 64.7 Å². The van der Waals surface area contributed by atoms with Gasteiger partial charge in [-0.05, 0) is 61.6 Å². The predicted octanol–water partition coefficient (Wildman–Crippen LogP) is 6.03. The van der Waals surface area contributed by atoms with Crippen LogP contribution in [0.1, 0.15) is 54.7 Å². The number of nitrogens with one attached hydrogen (secondary N) is 1. The van der Waals surface area contributed by atoms with Gasteiger partial charge in [0.1, 0.15) is 0 Å². The zero-order valence-electron chi connectivity index (χ0n) is 23.0. The molecule has 1 fully saturated rings. The summed E-state index contributed by atoms with van der Waals surface area (Å²) < 4.78 is 33.2. The Morgan fingerprint density at radius 1 is 0.947 bits per heavy atom. The molecule has 11 heteroatoms. The summed E-state index contributed by atoms with van der Waals surface area (Å²) >= 11 is 1.81. The van der Waals surface area contributed by atoms with E-state index in [0.29, 0.717) is 46.1 Å². The number of hydrogen-bond acceptors (Lipinski definition) is 9. The fourth-order valence-electron chi connectivity index (χ4n) is 4.26. The zero-order valence-corrected chi connectivity index (χ0v) is 23.8. The molecule has 2 N–H and O–H groups in total. The molecule has 1 heterocycles. The van der Waals surface area contributed by atoms with Crippen LogP contribution in [-0.2, 0) is 4.74 Å². The summed E-state index contributed by atoms with van der Waals surface area (Å²) in [6.07, 6.45) is 1.79. The van der Waals surface area contributed by atoms with Gasteiger partial charge in [0.25, 0.3) is 0 Å². The number of urea groups is 1. The molecule has 2 aromatic carbocycles. The first kappa shape index (κ1) is 29.5. The van der Waals surface area contributed by atoms with Crippen LogP contribution in [0, 0.1) is 0 Å². The Labute approximate surface area is 228 Å². The maximum Gasteiger partial charge on any atom is 0.348 e. The predicted molar refractivity (Wildman–Crippen MR) is 146 cm³/mol. The van der Waals surface area contributed by atoms with Crippen molar-refractivity contribution in [2.24, 2.45) is 0 Å².